The van der Waals surface area contributed by atoms with Gasteiger partial charge in [0.25, 0.3) is 21.0 Å². The number of amides is 1. The van der Waals surface area contributed by atoms with Crippen LogP contribution in [0.1, 0.15) is 30.4 Å². The first-order chi connectivity index (χ1) is 22.0. The summed E-state index contributed by atoms with van der Waals surface area (Å²) in [6.07, 6.45) is 4.49. The van der Waals surface area contributed by atoms with Crippen molar-refractivity contribution in [3.8, 4) is 11.5 Å². The van der Waals surface area contributed by atoms with Crippen LogP contribution < -0.4 is 14.8 Å². The van der Waals surface area contributed by atoms with Gasteiger partial charge in [0, 0.05) is 31.3 Å². The summed E-state index contributed by atoms with van der Waals surface area (Å²) in [6, 6.07) is 15.1. The van der Waals surface area contributed by atoms with E-state index < -0.39 is 38.7 Å². The van der Waals surface area contributed by atoms with E-state index in [0.717, 1.165) is 10.4 Å². The Morgan fingerprint density at radius 3 is 2.50 bits per heavy atom. The van der Waals surface area contributed by atoms with Gasteiger partial charge in [0.2, 0.25) is 0 Å². The topological polar surface area (TPSA) is 194 Å². The third-order valence-electron chi connectivity index (χ3n) is 6.42. The monoisotopic (exact) mass is 652 g/mol. The van der Waals surface area contributed by atoms with Crippen molar-refractivity contribution in [3.63, 3.8) is 0 Å². The number of benzene rings is 2. The number of nitrogens with one attached hydrogen (secondary N) is 1. The number of anilines is 1. The van der Waals surface area contributed by atoms with Gasteiger partial charge in [-0.1, -0.05) is 24.3 Å². The highest BCUT2D eigenvalue weighted by Gasteiger charge is 2.39. The minimum Gasteiger partial charge on any atom is -0.493 e. The van der Waals surface area contributed by atoms with E-state index in [2.05, 4.69) is 15.1 Å². The van der Waals surface area contributed by atoms with Gasteiger partial charge < -0.3 is 24.4 Å². The number of nitrogens with zero attached hydrogens (tertiary/aromatic N) is 3. The Morgan fingerprint density at radius 2 is 1.78 bits per heavy atom. The Kier molecular flexibility index (Phi) is 10.7. The van der Waals surface area contributed by atoms with Crippen molar-refractivity contribution in [3.05, 3.63) is 99.9 Å². The van der Waals surface area contributed by atoms with E-state index in [1.165, 1.54) is 62.8 Å². The predicted molar refractivity (Wildman–Crippen MR) is 162 cm³/mol. The highest BCUT2D eigenvalue weighted by molar-refractivity contribution is 7.89. The van der Waals surface area contributed by atoms with Crippen molar-refractivity contribution in [2.45, 2.75) is 24.2 Å². The number of hydrogen-bond donors (Lipinski definition) is 1. The molecule has 1 aliphatic rings. The molecule has 0 unspecified atom stereocenters. The van der Waals surface area contributed by atoms with Gasteiger partial charge in [-0.05, 0) is 60.9 Å². The standard InChI is InChI=1S/C30H28N4O11S/c1-33-28(30(37)32-25-11-5-7-17-31-25)29(21-9-3-4-10-24(21)46(33,40)41)45-27(36)16-14-20-13-15-22(23(19-20)42-2)44-26(35)12-6-8-18-43-34(38)39/h3-5,7,9-11,13-17,19H,6,8,12,18H2,1-2H3,(H,31,32,37)/b16-14+. The molecule has 0 bridgehead atoms. The summed E-state index contributed by atoms with van der Waals surface area (Å²) in [5.41, 5.74) is 0.0484. The Bertz CT molecular complexity index is 1810. The molecule has 0 spiro atoms. The van der Waals surface area contributed by atoms with Gasteiger partial charge in [0.15, 0.2) is 23.0 Å². The number of aromatic nitrogens is 1. The number of pyridine rings is 1. The summed E-state index contributed by atoms with van der Waals surface area (Å²) < 4.78 is 43.4. The molecule has 0 saturated carbocycles. The average molecular weight is 653 g/mol. The van der Waals surface area contributed by atoms with Crippen molar-refractivity contribution in [1.82, 2.24) is 9.29 Å². The zero-order valence-electron chi connectivity index (χ0n) is 24.6. The number of methoxy groups -OCH3 is 1. The number of unbranched alkanes of at least 4 members (excludes halogenated alkanes) is 1. The van der Waals surface area contributed by atoms with Crippen LogP contribution in [0.5, 0.6) is 11.5 Å². The lowest BCUT2D eigenvalue weighted by Crippen LogP contribution is -2.38. The van der Waals surface area contributed by atoms with Gasteiger partial charge in [-0.2, -0.15) is 0 Å². The Hall–Kier alpha value is -5.77. The molecule has 240 valence electrons. The number of carbonyl (C=O) groups is 3. The van der Waals surface area contributed by atoms with Crippen molar-refractivity contribution in [2.24, 2.45) is 0 Å². The molecule has 0 atom stereocenters. The molecule has 16 heteroatoms. The number of fused-ring (bicyclic) bond motifs is 1. The minimum atomic E-state index is -4.16. The maximum absolute atomic E-state index is 13.3. The van der Waals surface area contributed by atoms with Crippen LogP contribution in [0.25, 0.3) is 11.8 Å². The smallest absolute Gasteiger partial charge is 0.336 e. The van der Waals surface area contributed by atoms with Crippen LogP contribution >= 0.6 is 0 Å². The van der Waals surface area contributed by atoms with Gasteiger partial charge in [-0.15, -0.1) is 10.1 Å². The van der Waals surface area contributed by atoms with Crippen LogP contribution in [0.15, 0.2) is 83.5 Å². The van der Waals surface area contributed by atoms with E-state index in [1.807, 2.05) is 0 Å². The molecule has 1 aromatic heterocycles. The molecule has 46 heavy (non-hydrogen) atoms. The molecule has 1 aliphatic heterocycles. The van der Waals surface area contributed by atoms with Crippen molar-refractivity contribution >= 4 is 45.5 Å². The number of ether oxygens (including phenoxy) is 3. The molecular weight excluding hydrogens is 624 g/mol. The lowest BCUT2D eigenvalue weighted by molar-refractivity contribution is -0.757. The average Bonchev–Trinajstić information content (AvgIpc) is 3.03. The molecule has 2 aromatic carbocycles. The second kappa shape index (κ2) is 14.8. The molecule has 1 N–H and O–H groups in total. The van der Waals surface area contributed by atoms with Gasteiger partial charge in [0.05, 0.1) is 18.6 Å². The van der Waals surface area contributed by atoms with Crippen LogP contribution in [0.2, 0.25) is 0 Å². The SMILES string of the molecule is COc1cc(/C=C/C(=O)OC2=C(C(=O)Nc3ccccn3)N(C)S(=O)(=O)c3ccccc32)ccc1OC(=O)CCCCO[N+](=O)[O-]. The molecule has 1 amide bonds. The molecule has 3 aromatic rings. The fourth-order valence-corrected chi connectivity index (χ4v) is 5.62. The summed E-state index contributed by atoms with van der Waals surface area (Å²) >= 11 is 0. The number of carbonyl (C=O) groups excluding carboxylic acids is 3. The van der Waals surface area contributed by atoms with Crippen molar-refractivity contribution < 1.29 is 46.9 Å². The summed E-state index contributed by atoms with van der Waals surface area (Å²) in [5, 5.41) is 11.8. The zero-order valence-corrected chi connectivity index (χ0v) is 25.4. The molecule has 4 rings (SSSR count). The third kappa shape index (κ3) is 8.03. The Balaban J connectivity index is 1.52. The molecule has 0 radical (unpaired) electrons. The van der Waals surface area contributed by atoms with Gasteiger partial charge in [0.1, 0.15) is 5.82 Å². The lowest BCUT2D eigenvalue weighted by Gasteiger charge is -2.29. The predicted octanol–water partition coefficient (Wildman–Crippen LogP) is 3.57. The first kappa shape index (κ1) is 33.1. The summed E-state index contributed by atoms with van der Waals surface area (Å²) in [5.74, 6) is -2.19. The van der Waals surface area contributed by atoms with Crippen LogP contribution in [-0.4, -0.2) is 61.4 Å². The number of esters is 2. The minimum absolute atomic E-state index is 0.00490. The molecule has 15 nitrogen and oxygen atoms in total. The fourth-order valence-electron chi connectivity index (χ4n) is 4.23. The van der Waals surface area contributed by atoms with E-state index in [1.54, 1.807) is 24.3 Å². The highest BCUT2D eigenvalue weighted by atomic mass is 32.2. The van der Waals surface area contributed by atoms with Gasteiger partial charge in [-0.3, -0.25) is 13.9 Å². The van der Waals surface area contributed by atoms with Crippen molar-refractivity contribution in [1.29, 1.82) is 0 Å². The number of likely N-dealkylation sites (N-methyl/N-ethyl adjacent to an activating group) is 1. The molecule has 2 heterocycles. The summed E-state index contributed by atoms with van der Waals surface area (Å²) in [4.78, 5) is 56.8. The molecule has 0 aliphatic carbocycles. The Labute approximate surface area is 263 Å². The Morgan fingerprint density at radius 1 is 1.02 bits per heavy atom. The van der Waals surface area contributed by atoms with Crippen LogP contribution in [0, 0.1) is 10.1 Å². The molecule has 0 saturated heterocycles. The largest absolute Gasteiger partial charge is 0.493 e. The van der Waals surface area contributed by atoms with Crippen LogP contribution in [0.3, 0.4) is 0 Å². The van der Waals surface area contributed by atoms with E-state index >= 15 is 0 Å². The lowest BCUT2D eigenvalue weighted by atomic mass is 10.1. The normalized spacial score (nSPS) is 13.5. The van der Waals surface area contributed by atoms with E-state index in [0.29, 0.717) is 12.0 Å². The van der Waals surface area contributed by atoms with Gasteiger partial charge >= 0.3 is 11.9 Å². The number of rotatable bonds is 13. The first-order valence-corrected chi connectivity index (χ1v) is 15.1. The van der Waals surface area contributed by atoms with Gasteiger partial charge in [-0.25, -0.2) is 18.2 Å². The van der Waals surface area contributed by atoms with E-state index in [4.69, 9.17) is 14.2 Å². The van der Waals surface area contributed by atoms with Crippen LogP contribution in [-0.2, 0) is 34.0 Å². The number of hydrogen-bond acceptors (Lipinski definition) is 12. The molecule has 0 fully saturated rings. The van der Waals surface area contributed by atoms with Crippen molar-refractivity contribution in [2.75, 3.05) is 26.1 Å². The van der Waals surface area contributed by atoms with Crippen LogP contribution in [0.4, 0.5) is 5.82 Å². The maximum atomic E-state index is 13.3. The zero-order chi connectivity index (χ0) is 33.3. The molecular formula is C30H28N4O11S. The first-order valence-electron chi connectivity index (χ1n) is 13.6. The number of sulfonamides is 1. The summed E-state index contributed by atoms with van der Waals surface area (Å²) in [6.45, 7) is -0.133. The third-order valence-corrected chi connectivity index (χ3v) is 8.24. The fraction of sp³-hybridized carbons (Fsp3) is 0.200. The second-order valence-corrected chi connectivity index (χ2v) is 11.4. The second-order valence-electron chi connectivity index (χ2n) is 9.47. The quantitative estimate of drug-likeness (QED) is 0.0706. The van der Waals surface area contributed by atoms with E-state index in [9.17, 15) is 32.9 Å². The summed E-state index contributed by atoms with van der Waals surface area (Å²) in [7, 11) is -1.62. The van der Waals surface area contributed by atoms with E-state index in [-0.39, 0.29) is 53.0 Å². The maximum Gasteiger partial charge on any atom is 0.336 e. The highest BCUT2D eigenvalue weighted by Crippen LogP contribution is 2.37.